The van der Waals surface area contributed by atoms with Gasteiger partial charge in [-0.3, -0.25) is 0 Å². The topological polar surface area (TPSA) is 27.8 Å². The van der Waals surface area contributed by atoms with E-state index >= 15 is 0 Å². The Hall–Kier alpha value is -2.06. The van der Waals surface area contributed by atoms with Crippen molar-refractivity contribution in [3.8, 4) is 0 Å². The first-order chi connectivity index (χ1) is 9.43. The molecule has 1 aromatic heterocycles. The number of aromatic amines is 1. The highest BCUT2D eigenvalue weighted by Crippen LogP contribution is 2.32. The van der Waals surface area contributed by atoms with E-state index in [4.69, 9.17) is 0 Å². The van der Waals surface area contributed by atoms with Crippen LogP contribution < -0.4 is 5.32 Å². The maximum absolute atomic E-state index is 3.65. The highest BCUT2D eigenvalue weighted by Gasteiger charge is 2.22. The van der Waals surface area contributed by atoms with E-state index in [1.807, 2.05) is 0 Å². The monoisotopic (exact) mass is 248 g/mol. The summed E-state index contributed by atoms with van der Waals surface area (Å²) in [5.74, 6) is 0. The summed E-state index contributed by atoms with van der Waals surface area (Å²) >= 11 is 0. The lowest BCUT2D eigenvalue weighted by molar-refractivity contribution is 0.570. The van der Waals surface area contributed by atoms with E-state index in [1.165, 1.54) is 27.6 Å². The van der Waals surface area contributed by atoms with Crippen LogP contribution in [-0.4, -0.2) is 11.5 Å². The first-order valence-electron chi connectivity index (χ1n) is 6.81. The van der Waals surface area contributed by atoms with Crippen LogP contribution in [-0.2, 0) is 6.42 Å². The number of para-hydroxylation sites is 1. The number of H-pyrrole nitrogens is 1. The van der Waals surface area contributed by atoms with E-state index in [0.717, 1.165) is 13.0 Å². The van der Waals surface area contributed by atoms with Gasteiger partial charge in [0.25, 0.3) is 0 Å². The molecule has 0 saturated heterocycles. The minimum Gasteiger partial charge on any atom is -0.361 e. The van der Waals surface area contributed by atoms with Crippen molar-refractivity contribution in [3.63, 3.8) is 0 Å². The average Bonchev–Trinajstić information content (AvgIpc) is 2.90. The lowest BCUT2D eigenvalue weighted by Gasteiger charge is -2.26. The third kappa shape index (κ3) is 1.68. The highest BCUT2D eigenvalue weighted by molar-refractivity contribution is 5.84. The van der Waals surface area contributed by atoms with E-state index in [2.05, 4.69) is 65.0 Å². The largest absolute Gasteiger partial charge is 0.361 e. The molecule has 2 N–H and O–H groups in total. The van der Waals surface area contributed by atoms with Gasteiger partial charge in [-0.25, -0.2) is 0 Å². The Morgan fingerprint density at radius 2 is 1.74 bits per heavy atom. The number of fused-ring (bicyclic) bond motifs is 2. The van der Waals surface area contributed by atoms with Crippen molar-refractivity contribution >= 4 is 10.9 Å². The molecule has 0 amide bonds. The van der Waals surface area contributed by atoms with E-state index in [0.29, 0.717) is 6.04 Å². The third-order valence-electron chi connectivity index (χ3n) is 4.04. The summed E-state index contributed by atoms with van der Waals surface area (Å²) in [5.41, 5.74) is 5.44. The Kier molecular flexibility index (Phi) is 2.42. The summed E-state index contributed by atoms with van der Waals surface area (Å²) in [6.45, 7) is 1.04. The molecule has 2 aromatic carbocycles. The first-order valence-corrected chi connectivity index (χ1v) is 6.81. The molecule has 0 bridgehead atoms. The fourth-order valence-electron chi connectivity index (χ4n) is 3.11. The maximum atomic E-state index is 3.65. The summed E-state index contributed by atoms with van der Waals surface area (Å²) in [6.07, 6.45) is 3.26. The zero-order valence-corrected chi connectivity index (χ0v) is 10.7. The second-order valence-corrected chi connectivity index (χ2v) is 5.13. The fourth-order valence-corrected chi connectivity index (χ4v) is 3.11. The van der Waals surface area contributed by atoms with E-state index < -0.39 is 0 Å². The Morgan fingerprint density at radius 3 is 2.74 bits per heavy atom. The Bertz CT molecular complexity index is 727. The van der Waals surface area contributed by atoms with Gasteiger partial charge in [0.2, 0.25) is 0 Å². The molecule has 0 aliphatic carbocycles. The smallest absolute Gasteiger partial charge is 0.0600 e. The molecule has 4 rings (SSSR count). The second kappa shape index (κ2) is 4.25. The molecule has 0 unspecified atom stereocenters. The number of benzene rings is 2. The molecule has 1 atom stereocenters. The maximum Gasteiger partial charge on any atom is 0.0600 e. The van der Waals surface area contributed by atoms with Crippen LogP contribution in [0.15, 0.2) is 54.7 Å². The van der Waals surface area contributed by atoms with Gasteiger partial charge in [-0.2, -0.15) is 0 Å². The van der Waals surface area contributed by atoms with Crippen molar-refractivity contribution in [3.05, 3.63) is 71.4 Å². The second-order valence-electron chi connectivity index (χ2n) is 5.13. The van der Waals surface area contributed by atoms with Gasteiger partial charge in [0.1, 0.15) is 0 Å². The van der Waals surface area contributed by atoms with Crippen molar-refractivity contribution in [2.45, 2.75) is 12.5 Å². The molecule has 0 radical (unpaired) electrons. The van der Waals surface area contributed by atoms with Gasteiger partial charge in [-0.05, 0) is 29.2 Å². The Morgan fingerprint density at radius 1 is 0.895 bits per heavy atom. The number of hydrogen-bond donors (Lipinski definition) is 2. The lowest BCUT2D eigenvalue weighted by atomic mass is 9.90. The molecule has 1 aliphatic heterocycles. The zero-order chi connectivity index (χ0) is 12.7. The summed E-state index contributed by atoms with van der Waals surface area (Å²) < 4.78 is 0. The van der Waals surface area contributed by atoms with Gasteiger partial charge in [0.05, 0.1) is 6.04 Å². The number of hydrogen-bond acceptors (Lipinski definition) is 1. The number of rotatable bonds is 1. The molecule has 3 aromatic rings. The van der Waals surface area contributed by atoms with Gasteiger partial charge < -0.3 is 10.3 Å². The fraction of sp³-hybridized carbons (Fsp3) is 0.176. The average molecular weight is 248 g/mol. The van der Waals surface area contributed by atoms with Crippen LogP contribution >= 0.6 is 0 Å². The summed E-state index contributed by atoms with van der Waals surface area (Å²) in [4.78, 5) is 3.38. The summed E-state index contributed by atoms with van der Waals surface area (Å²) in [7, 11) is 0. The molecule has 0 fully saturated rings. The van der Waals surface area contributed by atoms with E-state index in [-0.39, 0.29) is 0 Å². The number of aromatic nitrogens is 1. The van der Waals surface area contributed by atoms with Crippen molar-refractivity contribution in [2.75, 3.05) is 6.54 Å². The normalized spacial score (nSPS) is 18.4. The van der Waals surface area contributed by atoms with Gasteiger partial charge in [0.15, 0.2) is 0 Å². The van der Waals surface area contributed by atoms with E-state index in [1.54, 1.807) is 0 Å². The predicted molar refractivity (Wildman–Crippen MR) is 78.3 cm³/mol. The third-order valence-corrected chi connectivity index (χ3v) is 4.04. The van der Waals surface area contributed by atoms with Crippen LogP contribution in [0.25, 0.3) is 10.9 Å². The minimum atomic E-state index is 0.307. The van der Waals surface area contributed by atoms with Crippen LogP contribution in [0, 0.1) is 0 Å². The molecule has 19 heavy (non-hydrogen) atoms. The van der Waals surface area contributed by atoms with Crippen LogP contribution in [0.3, 0.4) is 0 Å². The standard InChI is InChI=1S/C17H16N2/c1-2-6-13-12(5-1)9-10-18-17(13)15-11-19-16-8-4-3-7-14(15)16/h1-8,11,17-19H,9-10H2/t17-/m0/s1. The minimum absolute atomic E-state index is 0.307. The van der Waals surface area contributed by atoms with E-state index in [9.17, 15) is 0 Å². The molecule has 94 valence electrons. The molecule has 0 saturated carbocycles. The molecular formula is C17H16N2. The van der Waals surface area contributed by atoms with Crippen LogP contribution in [0.5, 0.6) is 0 Å². The molecule has 1 aliphatic rings. The van der Waals surface area contributed by atoms with Crippen molar-refractivity contribution in [2.24, 2.45) is 0 Å². The van der Waals surface area contributed by atoms with Crippen LogP contribution in [0.4, 0.5) is 0 Å². The molecule has 2 heteroatoms. The van der Waals surface area contributed by atoms with Crippen molar-refractivity contribution in [1.82, 2.24) is 10.3 Å². The van der Waals surface area contributed by atoms with Gasteiger partial charge in [-0.1, -0.05) is 42.5 Å². The van der Waals surface area contributed by atoms with Gasteiger partial charge in [0, 0.05) is 23.6 Å². The SMILES string of the molecule is c1ccc2c(c1)CCN[C@@H]2c1c[nH]c2ccccc12. The lowest BCUT2D eigenvalue weighted by Crippen LogP contribution is -2.30. The Labute approximate surface area is 112 Å². The predicted octanol–water partition coefficient (Wildman–Crippen LogP) is 3.40. The zero-order valence-electron chi connectivity index (χ0n) is 10.7. The molecular weight excluding hydrogens is 232 g/mol. The quantitative estimate of drug-likeness (QED) is 0.678. The first kappa shape index (κ1) is 10.8. The Balaban J connectivity index is 1.90. The molecule has 2 heterocycles. The van der Waals surface area contributed by atoms with Crippen molar-refractivity contribution < 1.29 is 0 Å². The van der Waals surface area contributed by atoms with Gasteiger partial charge >= 0.3 is 0 Å². The van der Waals surface area contributed by atoms with Gasteiger partial charge in [-0.15, -0.1) is 0 Å². The molecule has 0 spiro atoms. The number of nitrogens with one attached hydrogen (secondary N) is 2. The van der Waals surface area contributed by atoms with Crippen molar-refractivity contribution in [1.29, 1.82) is 0 Å². The van der Waals surface area contributed by atoms with Crippen LogP contribution in [0.2, 0.25) is 0 Å². The highest BCUT2D eigenvalue weighted by atomic mass is 14.9. The van der Waals surface area contributed by atoms with Crippen LogP contribution in [0.1, 0.15) is 22.7 Å². The molecule has 2 nitrogen and oxygen atoms in total. The summed E-state index contributed by atoms with van der Waals surface area (Å²) in [6, 6.07) is 17.6. The summed E-state index contributed by atoms with van der Waals surface area (Å²) in [5, 5.41) is 4.97.